The van der Waals surface area contributed by atoms with E-state index in [2.05, 4.69) is 34.7 Å². The Kier molecular flexibility index (Phi) is 4.28. The Balaban J connectivity index is 1.71. The van der Waals surface area contributed by atoms with E-state index < -0.39 is 0 Å². The van der Waals surface area contributed by atoms with Gasteiger partial charge in [-0.3, -0.25) is 4.68 Å². The molecule has 0 saturated heterocycles. The highest BCUT2D eigenvalue weighted by molar-refractivity contribution is 7.98. The first-order valence-corrected chi connectivity index (χ1v) is 7.96. The summed E-state index contributed by atoms with van der Waals surface area (Å²) in [5, 5.41) is 7.93. The van der Waals surface area contributed by atoms with E-state index in [1.165, 1.54) is 11.1 Å². The first-order valence-electron chi connectivity index (χ1n) is 6.80. The molecule has 0 bridgehead atoms. The number of aromatic nitrogens is 2. The lowest BCUT2D eigenvalue weighted by molar-refractivity contribution is 0.183. The standard InChI is InChI=1S/C15H19N3OS/c1-19-7-6-18-9-13(8-16-18)17-15-11-20-10-12-4-2-3-5-14(12)15/h2-5,8-9,15,17H,6-7,10-11H2,1H3. The van der Waals surface area contributed by atoms with Crippen LogP contribution in [0.25, 0.3) is 0 Å². The SMILES string of the molecule is COCCn1cc(NC2CSCc3ccccc32)cn1. The maximum Gasteiger partial charge on any atom is 0.0731 e. The average molecular weight is 289 g/mol. The van der Waals surface area contributed by atoms with Crippen LogP contribution in [-0.4, -0.2) is 29.3 Å². The second kappa shape index (κ2) is 6.33. The lowest BCUT2D eigenvalue weighted by atomic mass is 10.0. The van der Waals surface area contributed by atoms with Gasteiger partial charge in [0.05, 0.1) is 31.1 Å². The Morgan fingerprint density at radius 3 is 3.25 bits per heavy atom. The van der Waals surface area contributed by atoms with Gasteiger partial charge in [-0.05, 0) is 11.1 Å². The lowest BCUT2D eigenvalue weighted by Gasteiger charge is -2.26. The number of rotatable bonds is 5. The van der Waals surface area contributed by atoms with E-state index >= 15 is 0 Å². The van der Waals surface area contributed by atoms with Crippen molar-refractivity contribution in [3.63, 3.8) is 0 Å². The molecule has 106 valence electrons. The van der Waals surface area contributed by atoms with Crippen molar-refractivity contribution >= 4 is 17.4 Å². The Morgan fingerprint density at radius 1 is 1.45 bits per heavy atom. The number of fused-ring (bicyclic) bond motifs is 1. The zero-order valence-corrected chi connectivity index (χ0v) is 12.4. The molecule has 0 fully saturated rings. The van der Waals surface area contributed by atoms with Gasteiger partial charge in [0.2, 0.25) is 0 Å². The summed E-state index contributed by atoms with van der Waals surface area (Å²) in [6.07, 6.45) is 3.93. The van der Waals surface area contributed by atoms with Crippen LogP contribution in [0.4, 0.5) is 5.69 Å². The summed E-state index contributed by atoms with van der Waals surface area (Å²) in [5.74, 6) is 2.21. The molecular weight excluding hydrogens is 270 g/mol. The Morgan fingerprint density at radius 2 is 2.35 bits per heavy atom. The molecule has 1 N–H and O–H groups in total. The van der Waals surface area contributed by atoms with Crippen LogP contribution < -0.4 is 5.32 Å². The first kappa shape index (κ1) is 13.5. The van der Waals surface area contributed by atoms with Gasteiger partial charge >= 0.3 is 0 Å². The fraction of sp³-hybridized carbons (Fsp3) is 0.400. The Bertz CT molecular complexity index is 570. The maximum absolute atomic E-state index is 5.07. The minimum Gasteiger partial charge on any atom is -0.383 e. The van der Waals surface area contributed by atoms with E-state index in [9.17, 15) is 0 Å². The molecular formula is C15H19N3OS. The topological polar surface area (TPSA) is 39.1 Å². The fourth-order valence-corrected chi connectivity index (χ4v) is 3.55. The third-order valence-electron chi connectivity index (χ3n) is 3.47. The molecule has 1 unspecified atom stereocenters. The van der Waals surface area contributed by atoms with E-state index in [0.29, 0.717) is 12.6 Å². The zero-order chi connectivity index (χ0) is 13.8. The molecule has 1 aromatic heterocycles. The number of ether oxygens (including phenoxy) is 1. The average Bonchev–Trinajstić information content (AvgIpc) is 2.93. The van der Waals surface area contributed by atoms with Crippen molar-refractivity contribution in [3.05, 3.63) is 47.8 Å². The molecule has 0 radical (unpaired) electrons. The van der Waals surface area contributed by atoms with Crippen molar-refractivity contribution in [1.82, 2.24) is 9.78 Å². The van der Waals surface area contributed by atoms with Crippen LogP contribution in [0.5, 0.6) is 0 Å². The predicted molar refractivity (Wildman–Crippen MR) is 83.1 cm³/mol. The minimum absolute atomic E-state index is 0.366. The number of nitrogens with zero attached hydrogens (tertiary/aromatic N) is 2. The van der Waals surface area contributed by atoms with Crippen LogP contribution in [0.2, 0.25) is 0 Å². The van der Waals surface area contributed by atoms with Crippen LogP contribution in [-0.2, 0) is 17.0 Å². The number of anilines is 1. The second-order valence-corrected chi connectivity index (χ2v) is 5.93. The third kappa shape index (κ3) is 2.99. The number of benzene rings is 1. The molecule has 20 heavy (non-hydrogen) atoms. The van der Waals surface area contributed by atoms with Gasteiger partial charge in [0, 0.05) is 24.8 Å². The molecule has 1 atom stereocenters. The van der Waals surface area contributed by atoms with Gasteiger partial charge in [-0.25, -0.2) is 0 Å². The van der Waals surface area contributed by atoms with Crippen molar-refractivity contribution in [1.29, 1.82) is 0 Å². The van der Waals surface area contributed by atoms with Gasteiger partial charge < -0.3 is 10.1 Å². The summed E-state index contributed by atoms with van der Waals surface area (Å²) in [5.41, 5.74) is 3.92. The second-order valence-electron chi connectivity index (χ2n) is 4.90. The van der Waals surface area contributed by atoms with Crippen LogP contribution in [0.3, 0.4) is 0 Å². The van der Waals surface area contributed by atoms with Crippen LogP contribution in [0.15, 0.2) is 36.7 Å². The molecule has 2 aromatic rings. The van der Waals surface area contributed by atoms with Gasteiger partial charge in [0.15, 0.2) is 0 Å². The van der Waals surface area contributed by atoms with Crippen LogP contribution in [0, 0.1) is 0 Å². The first-order chi connectivity index (χ1) is 9.86. The van der Waals surface area contributed by atoms with Crippen LogP contribution in [0.1, 0.15) is 17.2 Å². The van der Waals surface area contributed by atoms with E-state index in [0.717, 1.165) is 23.7 Å². The highest BCUT2D eigenvalue weighted by Crippen LogP contribution is 2.33. The molecule has 0 saturated carbocycles. The number of hydrogen-bond donors (Lipinski definition) is 1. The van der Waals surface area contributed by atoms with Gasteiger partial charge in [0.1, 0.15) is 0 Å². The van der Waals surface area contributed by atoms with Crippen molar-refractivity contribution in [3.8, 4) is 0 Å². The third-order valence-corrected chi connectivity index (χ3v) is 4.56. The number of methoxy groups -OCH3 is 1. The molecule has 5 heteroatoms. The smallest absolute Gasteiger partial charge is 0.0731 e. The van der Waals surface area contributed by atoms with Gasteiger partial charge in [0.25, 0.3) is 0 Å². The molecule has 1 aliphatic heterocycles. The predicted octanol–water partition coefficient (Wildman–Crippen LogP) is 2.93. The van der Waals surface area contributed by atoms with Gasteiger partial charge in [-0.2, -0.15) is 16.9 Å². The van der Waals surface area contributed by atoms with E-state index in [1.54, 1.807) is 7.11 Å². The Hall–Kier alpha value is -1.46. The lowest BCUT2D eigenvalue weighted by Crippen LogP contribution is -2.18. The summed E-state index contributed by atoms with van der Waals surface area (Å²) in [7, 11) is 1.71. The highest BCUT2D eigenvalue weighted by Gasteiger charge is 2.20. The number of nitrogens with one attached hydrogen (secondary N) is 1. The van der Waals surface area contributed by atoms with E-state index in [1.807, 2.05) is 28.8 Å². The number of thioether (sulfide) groups is 1. The minimum atomic E-state index is 0.366. The molecule has 0 spiro atoms. The maximum atomic E-state index is 5.07. The summed E-state index contributed by atoms with van der Waals surface area (Å²) >= 11 is 1.98. The molecule has 0 aliphatic carbocycles. The molecule has 1 aromatic carbocycles. The molecule has 3 rings (SSSR count). The van der Waals surface area contributed by atoms with Gasteiger partial charge in [-0.1, -0.05) is 24.3 Å². The summed E-state index contributed by atoms with van der Waals surface area (Å²) in [6, 6.07) is 9.04. The summed E-state index contributed by atoms with van der Waals surface area (Å²) in [4.78, 5) is 0. The van der Waals surface area contributed by atoms with Crippen LogP contribution >= 0.6 is 11.8 Å². The summed E-state index contributed by atoms with van der Waals surface area (Å²) < 4.78 is 6.98. The van der Waals surface area contributed by atoms with Crippen molar-refractivity contribution in [2.75, 3.05) is 24.8 Å². The fourth-order valence-electron chi connectivity index (χ4n) is 2.45. The van der Waals surface area contributed by atoms with Crippen molar-refractivity contribution < 1.29 is 4.74 Å². The van der Waals surface area contributed by atoms with Crippen molar-refractivity contribution in [2.24, 2.45) is 0 Å². The van der Waals surface area contributed by atoms with Gasteiger partial charge in [-0.15, -0.1) is 0 Å². The quantitative estimate of drug-likeness (QED) is 0.918. The normalized spacial score (nSPS) is 17.8. The molecule has 4 nitrogen and oxygen atoms in total. The monoisotopic (exact) mass is 289 g/mol. The van der Waals surface area contributed by atoms with E-state index in [-0.39, 0.29) is 0 Å². The number of hydrogen-bond acceptors (Lipinski definition) is 4. The highest BCUT2D eigenvalue weighted by atomic mass is 32.2. The molecule has 0 amide bonds. The molecule has 2 heterocycles. The zero-order valence-electron chi connectivity index (χ0n) is 11.6. The van der Waals surface area contributed by atoms with E-state index in [4.69, 9.17) is 4.74 Å². The Labute approximate surface area is 123 Å². The summed E-state index contributed by atoms with van der Waals surface area (Å²) in [6.45, 7) is 1.47. The van der Waals surface area contributed by atoms with Crippen molar-refractivity contribution in [2.45, 2.75) is 18.3 Å². The molecule has 1 aliphatic rings. The largest absolute Gasteiger partial charge is 0.383 e.